The molecule has 2 aromatic rings. The topological polar surface area (TPSA) is 90.4 Å². The zero-order valence-electron chi connectivity index (χ0n) is 11.0. The van der Waals surface area contributed by atoms with Gasteiger partial charge in [0.25, 0.3) is 5.69 Å². The minimum Gasteiger partial charge on any atom is -0.496 e. The van der Waals surface area contributed by atoms with Crippen molar-refractivity contribution in [2.45, 2.75) is 6.54 Å². The third-order valence-corrected chi connectivity index (χ3v) is 2.86. The second-order valence-corrected chi connectivity index (χ2v) is 4.24. The first-order valence-electron chi connectivity index (χ1n) is 6.01. The maximum Gasteiger partial charge on any atom is 0.296 e. The predicted molar refractivity (Wildman–Crippen MR) is 77.8 cm³/mol. The van der Waals surface area contributed by atoms with E-state index in [1.54, 1.807) is 24.3 Å². The minimum absolute atomic E-state index is 0.0141. The highest BCUT2D eigenvalue weighted by Crippen LogP contribution is 2.29. The van der Waals surface area contributed by atoms with Crippen LogP contribution in [0.3, 0.4) is 0 Å². The summed E-state index contributed by atoms with van der Waals surface area (Å²) < 4.78 is 4.99. The van der Waals surface area contributed by atoms with Crippen molar-refractivity contribution in [3.8, 4) is 5.75 Å². The molecule has 0 fully saturated rings. The summed E-state index contributed by atoms with van der Waals surface area (Å²) in [5.41, 5.74) is 7.72. The molecular weight excluding hydrogens is 258 g/mol. The number of methoxy groups -OCH3 is 1. The second kappa shape index (κ2) is 5.92. The first kappa shape index (κ1) is 13.7. The van der Waals surface area contributed by atoms with Crippen LogP contribution in [-0.2, 0) is 6.54 Å². The van der Waals surface area contributed by atoms with Crippen molar-refractivity contribution in [2.24, 2.45) is 0 Å². The van der Waals surface area contributed by atoms with Crippen LogP contribution in [0.2, 0.25) is 0 Å². The fraction of sp³-hybridized carbons (Fsp3) is 0.143. The van der Waals surface area contributed by atoms with E-state index in [2.05, 4.69) is 5.32 Å². The number of nitrogen functional groups attached to an aromatic ring is 1. The Kier molecular flexibility index (Phi) is 4.05. The van der Waals surface area contributed by atoms with Gasteiger partial charge in [0.1, 0.15) is 11.4 Å². The summed E-state index contributed by atoms with van der Waals surface area (Å²) in [6, 6.07) is 12.0. The molecule has 0 spiro atoms. The SMILES string of the molecule is COc1ccc(NCc2ccc(N)cc2)c([N+](=O)[O-])c1. The number of anilines is 2. The molecule has 2 rings (SSSR count). The lowest BCUT2D eigenvalue weighted by Gasteiger charge is -2.08. The van der Waals surface area contributed by atoms with Gasteiger partial charge >= 0.3 is 0 Å². The van der Waals surface area contributed by atoms with Crippen molar-refractivity contribution < 1.29 is 9.66 Å². The number of nitrogens with zero attached hydrogens (tertiary/aromatic N) is 1. The molecule has 2 aromatic carbocycles. The monoisotopic (exact) mass is 273 g/mol. The van der Waals surface area contributed by atoms with Crippen LogP contribution in [0.1, 0.15) is 5.56 Å². The molecular formula is C14H15N3O3. The number of benzene rings is 2. The lowest BCUT2D eigenvalue weighted by Crippen LogP contribution is -2.03. The summed E-state index contributed by atoms with van der Waals surface area (Å²) in [5.74, 6) is 0.453. The van der Waals surface area contributed by atoms with Crippen LogP contribution < -0.4 is 15.8 Å². The van der Waals surface area contributed by atoms with Crippen LogP contribution in [0.4, 0.5) is 17.1 Å². The Morgan fingerprint density at radius 3 is 2.55 bits per heavy atom. The van der Waals surface area contributed by atoms with Crippen LogP contribution in [0.15, 0.2) is 42.5 Å². The van der Waals surface area contributed by atoms with Crippen molar-refractivity contribution in [3.05, 3.63) is 58.1 Å². The molecule has 6 heteroatoms. The maximum absolute atomic E-state index is 11.0. The summed E-state index contributed by atoms with van der Waals surface area (Å²) in [6.45, 7) is 0.480. The van der Waals surface area contributed by atoms with Crippen molar-refractivity contribution in [2.75, 3.05) is 18.2 Å². The van der Waals surface area contributed by atoms with Gasteiger partial charge in [0, 0.05) is 12.2 Å². The molecule has 0 saturated heterocycles. The van der Waals surface area contributed by atoms with Crippen LogP contribution in [0, 0.1) is 10.1 Å². The summed E-state index contributed by atoms with van der Waals surface area (Å²) in [4.78, 5) is 10.6. The smallest absolute Gasteiger partial charge is 0.296 e. The normalized spacial score (nSPS) is 10.1. The molecule has 3 N–H and O–H groups in total. The molecule has 0 aromatic heterocycles. The Hall–Kier alpha value is -2.76. The van der Waals surface area contributed by atoms with Crippen molar-refractivity contribution in [3.63, 3.8) is 0 Å². The number of nitro groups is 1. The van der Waals surface area contributed by atoms with Gasteiger partial charge in [0.15, 0.2) is 0 Å². The van der Waals surface area contributed by atoms with Crippen molar-refractivity contribution in [1.82, 2.24) is 0 Å². The number of nitrogens with two attached hydrogens (primary N) is 1. The third kappa shape index (κ3) is 3.17. The molecule has 6 nitrogen and oxygen atoms in total. The van der Waals surface area contributed by atoms with Gasteiger partial charge in [-0.1, -0.05) is 12.1 Å². The van der Waals surface area contributed by atoms with Crippen molar-refractivity contribution >= 4 is 17.1 Å². The Bertz CT molecular complexity index is 612. The molecule has 104 valence electrons. The second-order valence-electron chi connectivity index (χ2n) is 4.24. The number of nitrogens with one attached hydrogen (secondary N) is 1. The van der Waals surface area contributed by atoms with Gasteiger partial charge in [-0.25, -0.2) is 0 Å². The number of rotatable bonds is 5. The highest BCUT2D eigenvalue weighted by atomic mass is 16.6. The molecule has 0 heterocycles. The molecule has 0 radical (unpaired) electrons. The first-order valence-corrected chi connectivity index (χ1v) is 6.01. The summed E-state index contributed by atoms with van der Waals surface area (Å²) in [7, 11) is 1.47. The standard InChI is InChI=1S/C14H15N3O3/c1-20-12-6-7-13(14(8-12)17(18)19)16-9-10-2-4-11(15)5-3-10/h2-8,16H,9,15H2,1H3. The van der Waals surface area contributed by atoms with Gasteiger partial charge in [-0.2, -0.15) is 0 Å². The molecule has 0 atom stereocenters. The molecule has 0 bridgehead atoms. The zero-order chi connectivity index (χ0) is 14.5. The van der Waals surface area contributed by atoms with Gasteiger partial charge in [-0.3, -0.25) is 10.1 Å². The van der Waals surface area contributed by atoms with Gasteiger partial charge < -0.3 is 15.8 Å². The average Bonchev–Trinajstić information content (AvgIpc) is 2.46. The lowest BCUT2D eigenvalue weighted by atomic mass is 10.2. The highest BCUT2D eigenvalue weighted by Gasteiger charge is 2.14. The van der Waals surface area contributed by atoms with Crippen LogP contribution >= 0.6 is 0 Å². The van der Waals surface area contributed by atoms with E-state index in [1.807, 2.05) is 12.1 Å². The fourth-order valence-electron chi connectivity index (χ4n) is 1.77. The van der Waals surface area contributed by atoms with Gasteiger partial charge in [-0.05, 0) is 29.8 Å². The molecule has 0 unspecified atom stereocenters. The van der Waals surface area contributed by atoms with E-state index in [1.165, 1.54) is 13.2 Å². The minimum atomic E-state index is -0.437. The molecule has 0 saturated carbocycles. The summed E-state index contributed by atoms with van der Waals surface area (Å²) in [6.07, 6.45) is 0. The summed E-state index contributed by atoms with van der Waals surface area (Å²) >= 11 is 0. The number of hydrogen-bond acceptors (Lipinski definition) is 5. The van der Waals surface area contributed by atoms with Crippen LogP contribution in [0.5, 0.6) is 5.75 Å². The molecule has 0 aliphatic rings. The van der Waals surface area contributed by atoms with Crippen molar-refractivity contribution in [1.29, 1.82) is 0 Å². The van der Waals surface area contributed by atoms with Gasteiger partial charge in [0.05, 0.1) is 18.1 Å². The molecule has 0 amide bonds. The van der Waals surface area contributed by atoms with E-state index in [0.717, 1.165) is 5.56 Å². The van der Waals surface area contributed by atoms with E-state index >= 15 is 0 Å². The van der Waals surface area contributed by atoms with Gasteiger partial charge in [0.2, 0.25) is 0 Å². The Morgan fingerprint density at radius 1 is 1.25 bits per heavy atom. The predicted octanol–water partition coefficient (Wildman–Crippen LogP) is 2.80. The molecule has 0 aliphatic carbocycles. The Balaban J connectivity index is 2.16. The van der Waals surface area contributed by atoms with Crippen LogP contribution in [0.25, 0.3) is 0 Å². The van der Waals surface area contributed by atoms with E-state index in [4.69, 9.17) is 10.5 Å². The number of ether oxygens (including phenoxy) is 1. The summed E-state index contributed by atoms with van der Waals surface area (Å²) in [5, 5.41) is 14.1. The number of nitro benzene ring substituents is 1. The molecule has 0 aliphatic heterocycles. The van der Waals surface area contributed by atoms with E-state index < -0.39 is 4.92 Å². The maximum atomic E-state index is 11.0. The number of hydrogen-bond donors (Lipinski definition) is 2. The Labute approximate surface area is 116 Å². The average molecular weight is 273 g/mol. The fourth-order valence-corrected chi connectivity index (χ4v) is 1.77. The highest BCUT2D eigenvalue weighted by molar-refractivity contribution is 5.64. The Morgan fingerprint density at radius 2 is 1.95 bits per heavy atom. The molecule has 20 heavy (non-hydrogen) atoms. The third-order valence-electron chi connectivity index (χ3n) is 2.86. The lowest BCUT2D eigenvalue weighted by molar-refractivity contribution is -0.384. The van der Waals surface area contributed by atoms with Gasteiger partial charge in [-0.15, -0.1) is 0 Å². The van der Waals surface area contributed by atoms with E-state index in [0.29, 0.717) is 23.7 Å². The quantitative estimate of drug-likeness (QED) is 0.496. The zero-order valence-corrected chi connectivity index (χ0v) is 11.0. The van der Waals surface area contributed by atoms with Crippen LogP contribution in [-0.4, -0.2) is 12.0 Å². The largest absolute Gasteiger partial charge is 0.496 e. The first-order chi connectivity index (χ1) is 9.60. The van der Waals surface area contributed by atoms with E-state index in [-0.39, 0.29) is 5.69 Å². The van der Waals surface area contributed by atoms with E-state index in [9.17, 15) is 10.1 Å².